The summed E-state index contributed by atoms with van der Waals surface area (Å²) in [5.41, 5.74) is 0.317. The number of aliphatic hydroxyl groups is 1. The lowest BCUT2D eigenvalue weighted by molar-refractivity contribution is -0.110. The van der Waals surface area contributed by atoms with Crippen LogP contribution in [0.1, 0.15) is 37.7 Å². The predicted octanol–water partition coefficient (Wildman–Crippen LogP) is 3.02. The third-order valence-electron chi connectivity index (χ3n) is 4.68. The standard InChI is InChI=1S/C16H23ClN2O/c17-15-6-4-14(5-7-15)16(20)8-12-19(13-9-16)18-10-2-1-3-11-18/h4-7,20H,1-3,8-13H2. The molecule has 0 amide bonds. The Kier molecular flexibility index (Phi) is 4.32. The fraction of sp³-hybridized carbons (Fsp3) is 0.625. The summed E-state index contributed by atoms with van der Waals surface area (Å²) < 4.78 is 0. The van der Waals surface area contributed by atoms with Gasteiger partial charge in [-0.1, -0.05) is 30.2 Å². The molecule has 2 aliphatic rings. The van der Waals surface area contributed by atoms with Crippen molar-refractivity contribution in [1.82, 2.24) is 10.0 Å². The molecule has 0 saturated carbocycles. The number of halogens is 1. The number of piperidine rings is 2. The number of hydrogen-bond donors (Lipinski definition) is 1. The highest BCUT2D eigenvalue weighted by molar-refractivity contribution is 6.30. The van der Waals surface area contributed by atoms with E-state index in [1.165, 1.54) is 32.4 Å². The van der Waals surface area contributed by atoms with Crippen LogP contribution in [0.5, 0.6) is 0 Å². The second-order valence-corrected chi connectivity index (χ2v) is 6.44. The Hall–Kier alpha value is -0.610. The summed E-state index contributed by atoms with van der Waals surface area (Å²) >= 11 is 5.92. The monoisotopic (exact) mass is 294 g/mol. The van der Waals surface area contributed by atoms with Gasteiger partial charge in [0.05, 0.1) is 5.60 Å². The molecule has 2 fully saturated rings. The average molecular weight is 295 g/mol. The summed E-state index contributed by atoms with van der Waals surface area (Å²) in [4.78, 5) is 0. The Balaban J connectivity index is 1.63. The molecule has 0 radical (unpaired) electrons. The normalized spacial score (nSPS) is 24.7. The van der Waals surface area contributed by atoms with E-state index in [0.29, 0.717) is 0 Å². The predicted molar refractivity (Wildman–Crippen MR) is 81.6 cm³/mol. The van der Waals surface area contributed by atoms with Crippen molar-refractivity contribution >= 4 is 11.6 Å². The molecule has 0 atom stereocenters. The van der Waals surface area contributed by atoms with E-state index in [4.69, 9.17) is 11.6 Å². The van der Waals surface area contributed by atoms with Gasteiger partial charge >= 0.3 is 0 Å². The molecule has 1 aromatic carbocycles. The van der Waals surface area contributed by atoms with Crippen molar-refractivity contribution in [3.8, 4) is 0 Å². The molecule has 2 heterocycles. The molecule has 0 aromatic heterocycles. The number of hydrogen-bond acceptors (Lipinski definition) is 3. The van der Waals surface area contributed by atoms with E-state index in [1.54, 1.807) is 0 Å². The van der Waals surface area contributed by atoms with Gasteiger partial charge < -0.3 is 5.11 Å². The van der Waals surface area contributed by atoms with Crippen LogP contribution in [0.2, 0.25) is 5.02 Å². The zero-order valence-electron chi connectivity index (χ0n) is 11.9. The van der Waals surface area contributed by atoms with E-state index in [1.807, 2.05) is 24.3 Å². The molecule has 0 spiro atoms. The van der Waals surface area contributed by atoms with Crippen molar-refractivity contribution in [3.63, 3.8) is 0 Å². The fourth-order valence-corrected chi connectivity index (χ4v) is 3.48. The Morgan fingerprint density at radius 3 is 2.00 bits per heavy atom. The molecule has 1 aromatic rings. The fourth-order valence-electron chi connectivity index (χ4n) is 3.36. The Morgan fingerprint density at radius 1 is 0.850 bits per heavy atom. The van der Waals surface area contributed by atoms with Crippen molar-refractivity contribution in [1.29, 1.82) is 0 Å². The molecule has 3 rings (SSSR count). The van der Waals surface area contributed by atoms with Crippen LogP contribution in [-0.2, 0) is 5.60 Å². The van der Waals surface area contributed by atoms with Gasteiger partial charge in [0.1, 0.15) is 0 Å². The molecule has 2 aliphatic heterocycles. The number of rotatable bonds is 2. The van der Waals surface area contributed by atoms with Crippen LogP contribution in [-0.4, -0.2) is 41.3 Å². The van der Waals surface area contributed by atoms with E-state index >= 15 is 0 Å². The van der Waals surface area contributed by atoms with E-state index in [9.17, 15) is 5.11 Å². The van der Waals surface area contributed by atoms with Gasteiger partial charge in [0.2, 0.25) is 0 Å². The van der Waals surface area contributed by atoms with Crippen molar-refractivity contribution in [3.05, 3.63) is 34.9 Å². The molecule has 2 saturated heterocycles. The van der Waals surface area contributed by atoms with Crippen LogP contribution in [0.4, 0.5) is 0 Å². The van der Waals surface area contributed by atoms with Crippen molar-refractivity contribution in [2.45, 2.75) is 37.7 Å². The largest absolute Gasteiger partial charge is 0.385 e. The highest BCUT2D eigenvalue weighted by atomic mass is 35.5. The maximum Gasteiger partial charge on any atom is 0.0922 e. The smallest absolute Gasteiger partial charge is 0.0922 e. The summed E-state index contributed by atoms with van der Waals surface area (Å²) in [6.07, 6.45) is 5.56. The molecule has 3 nitrogen and oxygen atoms in total. The molecular formula is C16H23ClN2O. The van der Waals surface area contributed by atoms with Gasteiger partial charge in [-0.05, 0) is 43.4 Å². The summed E-state index contributed by atoms with van der Waals surface area (Å²) in [5, 5.41) is 16.5. The second-order valence-electron chi connectivity index (χ2n) is 6.01. The van der Waals surface area contributed by atoms with E-state index in [-0.39, 0.29) is 0 Å². The summed E-state index contributed by atoms with van der Waals surface area (Å²) in [6.45, 7) is 4.25. The van der Waals surface area contributed by atoms with Gasteiger partial charge in [0.25, 0.3) is 0 Å². The first-order valence-electron chi connectivity index (χ1n) is 7.66. The third-order valence-corrected chi connectivity index (χ3v) is 4.93. The lowest BCUT2D eigenvalue weighted by Crippen LogP contribution is -2.52. The van der Waals surface area contributed by atoms with Crippen LogP contribution in [0.15, 0.2) is 24.3 Å². The summed E-state index contributed by atoms with van der Waals surface area (Å²) in [6, 6.07) is 7.65. The molecule has 1 N–H and O–H groups in total. The Bertz CT molecular complexity index is 434. The quantitative estimate of drug-likeness (QED) is 0.908. The van der Waals surface area contributed by atoms with Crippen LogP contribution < -0.4 is 0 Å². The van der Waals surface area contributed by atoms with Gasteiger partial charge in [0.15, 0.2) is 0 Å². The maximum absolute atomic E-state index is 10.9. The van der Waals surface area contributed by atoms with Gasteiger partial charge in [0, 0.05) is 31.2 Å². The van der Waals surface area contributed by atoms with Crippen molar-refractivity contribution in [2.75, 3.05) is 26.2 Å². The molecule has 4 heteroatoms. The molecule has 110 valence electrons. The van der Waals surface area contributed by atoms with E-state index in [2.05, 4.69) is 10.0 Å². The maximum atomic E-state index is 10.9. The average Bonchev–Trinajstić information content (AvgIpc) is 2.49. The van der Waals surface area contributed by atoms with Gasteiger partial charge in [-0.3, -0.25) is 0 Å². The van der Waals surface area contributed by atoms with Crippen molar-refractivity contribution in [2.24, 2.45) is 0 Å². The first kappa shape index (κ1) is 14.3. The van der Waals surface area contributed by atoms with Crippen LogP contribution in [0.3, 0.4) is 0 Å². The first-order chi connectivity index (χ1) is 9.67. The number of hydrazine groups is 1. The van der Waals surface area contributed by atoms with Gasteiger partial charge in [-0.2, -0.15) is 0 Å². The van der Waals surface area contributed by atoms with E-state index < -0.39 is 5.60 Å². The van der Waals surface area contributed by atoms with Crippen LogP contribution in [0, 0.1) is 0 Å². The molecule has 0 aliphatic carbocycles. The molecule has 20 heavy (non-hydrogen) atoms. The van der Waals surface area contributed by atoms with Gasteiger partial charge in [-0.15, -0.1) is 0 Å². The third kappa shape index (κ3) is 3.01. The number of nitrogens with zero attached hydrogens (tertiary/aromatic N) is 2. The van der Waals surface area contributed by atoms with Crippen LogP contribution in [0.25, 0.3) is 0 Å². The van der Waals surface area contributed by atoms with E-state index in [0.717, 1.165) is 36.5 Å². The lowest BCUT2D eigenvalue weighted by atomic mass is 9.85. The zero-order valence-corrected chi connectivity index (χ0v) is 12.6. The zero-order chi connectivity index (χ0) is 14.0. The number of benzene rings is 1. The second kappa shape index (κ2) is 6.02. The molecule has 0 bridgehead atoms. The summed E-state index contributed by atoms with van der Waals surface area (Å²) in [7, 11) is 0. The van der Waals surface area contributed by atoms with Gasteiger partial charge in [-0.25, -0.2) is 10.0 Å². The Morgan fingerprint density at radius 2 is 1.40 bits per heavy atom. The highest BCUT2D eigenvalue weighted by Gasteiger charge is 2.35. The van der Waals surface area contributed by atoms with Crippen molar-refractivity contribution < 1.29 is 5.11 Å². The minimum absolute atomic E-state index is 0.684. The Labute approximate surface area is 126 Å². The minimum atomic E-state index is -0.684. The first-order valence-corrected chi connectivity index (χ1v) is 8.03. The SMILES string of the molecule is OC1(c2ccc(Cl)cc2)CCN(N2CCCCC2)CC1. The summed E-state index contributed by atoms with van der Waals surface area (Å²) in [5.74, 6) is 0. The lowest BCUT2D eigenvalue weighted by Gasteiger charge is -2.44. The molecule has 0 unspecified atom stereocenters. The molecular weight excluding hydrogens is 272 g/mol. The topological polar surface area (TPSA) is 26.7 Å². The highest BCUT2D eigenvalue weighted by Crippen LogP contribution is 2.34. The minimum Gasteiger partial charge on any atom is -0.385 e. The van der Waals surface area contributed by atoms with Crippen LogP contribution >= 0.6 is 11.6 Å².